The number of ether oxygens (including phenoxy) is 1. The van der Waals surface area contributed by atoms with Crippen molar-refractivity contribution in [2.24, 2.45) is 0 Å². The number of benzene rings is 1. The molecule has 7 nitrogen and oxygen atoms in total. The maximum atomic E-state index is 12.0. The quantitative estimate of drug-likeness (QED) is 0.691. The SMILES string of the molecule is COC(=O)c1cc(NC(=O)C2CNC(=O)CN2)ccc1Cl. The van der Waals surface area contributed by atoms with Crippen molar-refractivity contribution in [2.75, 3.05) is 25.5 Å². The normalized spacial score (nSPS) is 17.8. The summed E-state index contributed by atoms with van der Waals surface area (Å²) >= 11 is 5.90. The number of anilines is 1. The first-order chi connectivity index (χ1) is 10.0. The Bertz CT molecular complexity index is 581. The highest BCUT2D eigenvalue weighted by atomic mass is 35.5. The summed E-state index contributed by atoms with van der Waals surface area (Å²) in [6.07, 6.45) is 0. The van der Waals surface area contributed by atoms with Crippen molar-refractivity contribution < 1.29 is 19.1 Å². The van der Waals surface area contributed by atoms with Crippen molar-refractivity contribution in [3.05, 3.63) is 28.8 Å². The molecule has 1 heterocycles. The molecule has 112 valence electrons. The Morgan fingerprint density at radius 1 is 1.43 bits per heavy atom. The molecular weight excluding hydrogens is 298 g/mol. The summed E-state index contributed by atoms with van der Waals surface area (Å²) in [5, 5.41) is 8.29. The van der Waals surface area contributed by atoms with Gasteiger partial charge in [0.2, 0.25) is 11.8 Å². The Kier molecular flexibility index (Phi) is 4.77. The topological polar surface area (TPSA) is 96.5 Å². The van der Waals surface area contributed by atoms with Crippen LogP contribution in [-0.2, 0) is 14.3 Å². The molecule has 0 bridgehead atoms. The fourth-order valence-electron chi connectivity index (χ4n) is 1.85. The summed E-state index contributed by atoms with van der Waals surface area (Å²) in [7, 11) is 1.25. The smallest absolute Gasteiger partial charge is 0.339 e. The van der Waals surface area contributed by atoms with Crippen LogP contribution in [0.15, 0.2) is 18.2 Å². The molecule has 0 radical (unpaired) electrons. The van der Waals surface area contributed by atoms with E-state index >= 15 is 0 Å². The van der Waals surface area contributed by atoms with Crippen LogP contribution < -0.4 is 16.0 Å². The summed E-state index contributed by atoms with van der Waals surface area (Å²) in [4.78, 5) is 34.6. The maximum absolute atomic E-state index is 12.0. The fraction of sp³-hybridized carbons (Fsp3) is 0.308. The molecule has 1 aliphatic heterocycles. The summed E-state index contributed by atoms with van der Waals surface area (Å²) in [5.74, 6) is -1.05. The summed E-state index contributed by atoms with van der Waals surface area (Å²) in [5.41, 5.74) is 0.588. The second-order valence-electron chi connectivity index (χ2n) is 4.41. The van der Waals surface area contributed by atoms with Crippen LogP contribution in [0.2, 0.25) is 5.02 Å². The number of carbonyl (C=O) groups excluding carboxylic acids is 3. The number of rotatable bonds is 3. The summed E-state index contributed by atoms with van der Waals surface area (Å²) < 4.78 is 4.61. The number of piperazine rings is 1. The molecule has 1 aliphatic rings. The maximum Gasteiger partial charge on any atom is 0.339 e. The first kappa shape index (κ1) is 15.3. The van der Waals surface area contributed by atoms with E-state index in [1.54, 1.807) is 6.07 Å². The minimum atomic E-state index is -0.584. The predicted octanol–water partition coefficient (Wildman–Crippen LogP) is 0.153. The molecule has 0 aromatic heterocycles. The third-order valence-electron chi connectivity index (χ3n) is 2.97. The first-order valence-electron chi connectivity index (χ1n) is 6.20. The Morgan fingerprint density at radius 2 is 2.19 bits per heavy atom. The lowest BCUT2D eigenvalue weighted by molar-refractivity contribution is -0.124. The number of amides is 2. The van der Waals surface area contributed by atoms with Gasteiger partial charge in [0.1, 0.15) is 6.04 Å². The molecule has 1 atom stereocenters. The van der Waals surface area contributed by atoms with E-state index in [9.17, 15) is 14.4 Å². The number of nitrogens with one attached hydrogen (secondary N) is 3. The molecule has 1 fully saturated rings. The van der Waals surface area contributed by atoms with Crippen LogP contribution in [0.4, 0.5) is 5.69 Å². The summed E-state index contributed by atoms with van der Waals surface area (Å²) in [6, 6.07) is 3.99. The van der Waals surface area contributed by atoms with Crippen molar-refractivity contribution in [1.82, 2.24) is 10.6 Å². The molecule has 1 unspecified atom stereocenters. The average Bonchev–Trinajstić information content (AvgIpc) is 2.49. The largest absolute Gasteiger partial charge is 0.465 e. The molecule has 2 amide bonds. The van der Waals surface area contributed by atoms with Gasteiger partial charge in [0.25, 0.3) is 0 Å². The van der Waals surface area contributed by atoms with E-state index in [0.717, 1.165) is 0 Å². The van der Waals surface area contributed by atoms with Crippen molar-refractivity contribution >= 4 is 35.1 Å². The Labute approximate surface area is 126 Å². The molecule has 1 saturated heterocycles. The Hall–Kier alpha value is -2.12. The monoisotopic (exact) mass is 311 g/mol. The van der Waals surface area contributed by atoms with E-state index in [0.29, 0.717) is 5.69 Å². The summed E-state index contributed by atoms with van der Waals surface area (Å²) in [6.45, 7) is 0.300. The number of halogens is 1. The van der Waals surface area contributed by atoms with Gasteiger partial charge in [-0.25, -0.2) is 4.79 Å². The standard InChI is InChI=1S/C13H14ClN3O4/c1-21-13(20)8-4-7(2-3-9(8)14)17-12(19)10-5-16-11(18)6-15-10/h2-4,10,15H,5-6H2,1H3,(H,16,18)(H,17,19). The molecule has 0 aliphatic carbocycles. The van der Waals surface area contributed by atoms with Crippen LogP contribution in [0.1, 0.15) is 10.4 Å². The molecule has 0 spiro atoms. The zero-order chi connectivity index (χ0) is 15.4. The minimum absolute atomic E-state index is 0.0894. The number of methoxy groups -OCH3 is 1. The Balaban J connectivity index is 2.07. The van der Waals surface area contributed by atoms with Crippen molar-refractivity contribution in [3.63, 3.8) is 0 Å². The van der Waals surface area contributed by atoms with Crippen molar-refractivity contribution in [3.8, 4) is 0 Å². The fourth-order valence-corrected chi connectivity index (χ4v) is 2.05. The molecular formula is C13H14ClN3O4. The van der Waals surface area contributed by atoms with Crippen LogP contribution in [0.25, 0.3) is 0 Å². The van der Waals surface area contributed by atoms with Gasteiger partial charge in [-0.2, -0.15) is 0 Å². The van der Waals surface area contributed by atoms with E-state index in [2.05, 4.69) is 20.7 Å². The van der Waals surface area contributed by atoms with Crippen molar-refractivity contribution in [1.29, 1.82) is 0 Å². The molecule has 8 heteroatoms. The van der Waals surface area contributed by atoms with E-state index in [1.807, 2.05) is 0 Å². The van der Waals surface area contributed by atoms with Gasteiger partial charge in [0.05, 0.1) is 24.2 Å². The molecule has 3 N–H and O–H groups in total. The van der Waals surface area contributed by atoms with Crippen LogP contribution in [0, 0.1) is 0 Å². The average molecular weight is 312 g/mol. The lowest BCUT2D eigenvalue weighted by Gasteiger charge is -2.23. The van der Waals surface area contributed by atoms with Gasteiger partial charge in [0, 0.05) is 12.2 Å². The second kappa shape index (κ2) is 6.55. The predicted molar refractivity (Wildman–Crippen MR) is 76.2 cm³/mol. The van der Waals surface area contributed by atoms with Crippen LogP contribution in [0.3, 0.4) is 0 Å². The number of carbonyl (C=O) groups is 3. The number of esters is 1. The van der Waals surface area contributed by atoms with E-state index < -0.39 is 12.0 Å². The van der Waals surface area contributed by atoms with Crippen LogP contribution in [0.5, 0.6) is 0 Å². The molecule has 2 rings (SSSR count). The van der Waals surface area contributed by atoms with Gasteiger partial charge in [-0.3, -0.25) is 14.9 Å². The van der Waals surface area contributed by atoms with E-state index in [-0.39, 0.29) is 35.5 Å². The number of hydrogen-bond donors (Lipinski definition) is 3. The lowest BCUT2D eigenvalue weighted by atomic mass is 10.1. The van der Waals surface area contributed by atoms with Crippen LogP contribution in [-0.4, -0.2) is 44.0 Å². The molecule has 1 aromatic carbocycles. The van der Waals surface area contributed by atoms with Gasteiger partial charge in [-0.15, -0.1) is 0 Å². The third-order valence-corrected chi connectivity index (χ3v) is 3.30. The van der Waals surface area contributed by atoms with Gasteiger partial charge >= 0.3 is 5.97 Å². The van der Waals surface area contributed by atoms with E-state index in [1.165, 1.54) is 19.2 Å². The lowest BCUT2D eigenvalue weighted by Crippen LogP contribution is -2.56. The molecule has 0 saturated carbocycles. The van der Waals surface area contributed by atoms with Gasteiger partial charge in [-0.05, 0) is 18.2 Å². The zero-order valence-electron chi connectivity index (χ0n) is 11.2. The zero-order valence-corrected chi connectivity index (χ0v) is 12.0. The highest BCUT2D eigenvalue weighted by molar-refractivity contribution is 6.33. The third kappa shape index (κ3) is 3.71. The van der Waals surface area contributed by atoms with E-state index in [4.69, 9.17) is 11.6 Å². The molecule has 1 aromatic rings. The van der Waals surface area contributed by atoms with Gasteiger partial charge < -0.3 is 15.4 Å². The Morgan fingerprint density at radius 3 is 2.81 bits per heavy atom. The van der Waals surface area contributed by atoms with Gasteiger partial charge in [0.15, 0.2) is 0 Å². The highest BCUT2D eigenvalue weighted by Gasteiger charge is 2.24. The first-order valence-corrected chi connectivity index (χ1v) is 6.58. The molecule has 21 heavy (non-hydrogen) atoms. The van der Waals surface area contributed by atoms with Gasteiger partial charge in [-0.1, -0.05) is 11.6 Å². The number of hydrogen-bond acceptors (Lipinski definition) is 5. The van der Waals surface area contributed by atoms with Crippen molar-refractivity contribution in [2.45, 2.75) is 6.04 Å². The van der Waals surface area contributed by atoms with Crippen LogP contribution >= 0.6 is 11.6 Å². The highest BCUT2D eigenvalue weighted by Crippen LogP contribution is 2.21. The minimum Gasteiger partial charge on any atom is -0.465 e. The second-order valence-corrected chi connectivity index (χ2v) is 4.82.